The fraction of sp³-hybridized carbons (Fsp3) is 0.333. The van der Waals surface area contributed by atoms with Crippen LogP contribution < -0.4 is 5.30 Å². The third kappa shape index (κ3) is 3.27. The van der Waals surface area contributed by atoms with Crippen molar-refractivity contribution in [1.82, 2.24) is 0 Å². The molecule has 0 spiro atoms. The molecule has 68 valence electrons. The zero-order valence-electron chi connectivity index (χ0n) is 7.49. The van der Waals surface area contributed by atoms with Crippen LogP contribution >= 0.6 is 8.58 Å². The normalized spacial score (nSPS) is 9.75. The number of benzene rings is 1. The lowest BCUT2D eigenvalue weighted by atomic mass is 10.3. The van der Waals surface area contributed by atoms with E-state index in [9.17, 15) is 8.78 Å². The Labute approximate surface area is 73.8 Å². The van der Waals surface area contributed by atoms with Crippen LogP contribution in [0.4, 0.5) is 8.78 Å². The number of halogens is 2. The summed E-state index contributed by atoms with van der Waals surface area (Å²) in [7, 11) is 0.310. The maximum Gasteiger partial charge on any atom is 0.130 e. The summed E-state index contributed by atoms with van der Waals surface area (Å²) in [5.74, 6) is -0.687. The standard InChI is InChI=1S/C7H7F2P.C2H6/c1-10-7-4-5(8)2-3-6(7)9;1-2/h2-4,10H,1H3;1-2H3. The molecule has 0 radical (unpaired) electrons. The highest BCUT2D eigenvalue weighted by atomic mass is 31.1. The van der Waals surface area contributed by atoms with Gasteiger partial charge in [0.15, 0.2) is 0 Å². The van der Waals surface area contributed by atoms with Crippen molar-refractivity contribution in [3.05, 3.63) is 29.8 Å². The van der Waals surface area contributed by atoms with Gasteiger partial charge in [-0.1, -0.05) is 22.4 Å². The first-order chi connectivity index (χ1) is 5.74. The molecular weight excluding hydrogens is 177 g/mol. The van der Waals surface area contributed by atoms with Crippen LogP contribution in [0.3, 0.4) is 0 Å². The Morgan fingerprint density at radius 3 is 2.17 bits per heavy atom. The maximum absolute atomic E-state index is 12.6. The molecule has 1 rings (SSSR count). The van der Waals surface area contributed by atoms with E-state index in [1.165, 1.54) is 6.07 Å². The van der Waals surface area contributed by atoms with Crippen LogP contribution in [0.1, 0.15) is 13.8 Å². The van der Waals surface area contributed by atoms with Gasteiger partial charge in [0, 0.05) is 5.30 Å². The second-order valence-electron chi connectivity index (χ2n) is 1.87. The molecule has 0 heterocycles. The number of hydrogen-bond acceptors (Lipinski definition) is 0. The van der Waals surface area contributed by atoms with Crippen molar-refractivity contribution in [1.29, 1.82) is 0 Å². The number of rotatable bonds is 1. The average molecular weight is 190 g/mol. The molecule has 3 heteroatoms. The fourth-order valence-corrected chi connectivity index (χ4v) is 1.29. The first kappa shape index (κ1) is 11.5. The molecule has 0 nitrogen and oxygen atoms in total. The Morgan fingerprint density at radius 2 is 1.75 bits per heavy atom. The van der Waals surface area contributed by atoms with Gasteiger partial charge in [0.1, 0.15) is 11.6 Å². The zero-order chi connectivity index (χ0) is 9.56. The van der Waals surface area contributed by atoms with E-state index >= 15 is 0 Å². The van der Waals surface area contributed by atoms with E-state index in [4.69, 9.17) is 0 Å². The zero-order valence-corrected chi connectivity index (χ0v) is 8.49. The summed E-state index contributed by atoms with van der Waals surface area (Å²) in [5, 5.41) is 0.458. The van der Waals surface area contributed by atoms with Crippen molar-refractivity contribution in [3.8, 4) is 0 Å². The van der Waals surface area contributed by atoms with Gasteiger partial charge in [-0.15, -0.1) is 0 Å². The van der Waals surface area contributed by atoms with Gasteiger partial charge in [-0.3, -0.25) is 0 Å². The predicted octanol–water partition coefficient (Wildman–Crippen LogP) is 2.92. The van der Waals surface area contributed by atoms with Crippen molar-refractivity contribution in [2.45, 2.75) is 13.8 Å². The Hall–Kier alpha value is -0.490. The largest absolute Gasteiger partial charge is 0.207 e. The summed E-state index contributed by atoms with van der Waals surface area (Å²) >= 11 is 0. The maximum atomic E-state index is 12.6. The van der Waals surface area contributed by atoms with Crippen molar-refractivity contribution in [3.63, 3.8) is 0 Å². The summed E-state index contributed by atoms with van der Waals surface area (Å²) in [6.45, 7) is 5.82. The molecule has 0 amide bonds. The minimum absolute atomic E-state index is 0.310. The van der Waals surface area contributed by atoms with E-state index in [0.717, 1.165) is 12.1 Å². The first-order valence-corrected chi connectivity index (χ1v) is 5.37. The van der Waals surface area contributed by atoms with E-state index in [2.05, 4.69) is 0 Å². The van der Waals surface area contributed by atoms with Gasteiger partial charge >= 0.3 is 0 Å². The van der Waals surface area contributed by atoms with E-state index in [0.29, 0.717) is 13.9 Å². The lowest BCUT2D eigenvalue weighted by Gasteiger charge is -1.97. The van der Waals surface area contributed by atoms with E-state index in [-0.39, 0.29) is 11.6 Å². The summed E-state index contributed by atoms with van der Waals surface area (Å²) in [4.78, 5) is 0. The Bertz CT molecular complexity index is 236. The third-order valence-corrected chi connectivity index (χ3v) is 2.12. The van der Waals surface area contributed by atoms with E-state index in [1.54, 1.807) is 0 Å². The van der Waals surface area contributed by atoms with Gasteiger partial charge in [-0.2, -0.15) is 0 Å². The molecule has 0 bridgehead atoms. The molecule has 0 N–H and O–H groups in total. The lowest BCUT2D eigenvalue weighted by Crippen LogP contribution is -2.00. The van der Waals surface area contributed by atoms with Gasteiger partial charge in [0.05, 0.1) is 0 Å². The molecule has 12 heavy (non-hydrogen) atoms. The first-order valence-electron chi connectivity index (χ1n) is 3.87. The van der Waals surface area contributed by atoms with Gasteiger partial charge in [-0.25, -0.2) is 8.78 Å². The van der Waals surface area contributed by atoms with Gasteiger partial charge in [-0.05, 0) is 24.9 Å². The molecule has 1 atom stereocenters. The van der Waals surface area contributed by atoms with Crippen LogP contribution in [-0.4, -0.2) is 6.66 Å². The molecule has 0 aromatic heterocycles. The molecule has 0 saturated heterocycles. The van der Waals surface area contributed by atoms with Crippen molar-refractivity contribution in [2.24, 2.45) is 0 Å². The topological polar surface area (TPSA) is 0 Å². The highest BCUT2D eigenvalue weighted by molar-refractivity contribution is 7.46. The molecule has 0 aliphatic rings. The minimum atomic E-state index is -0.370. The van der Waals surface area contributed by atoms with E-state index in [1.807, 2.05) is 20.5 Å². The van der Waals surface area contributed by atoms with E-state index < -0.39 is 0 Å². The second-order valence-corrected chi connectivity index (χ2v) is 2.91. The Morgan fingerprint density at radius 1 is 1.17 bits per heavy atom. The molecule has 1 aromatic rings. The summed E-state index contributed by atoms with van der Waals surface area (Å²) in [6.07, 6.45) is 0. The monoisotopic (exact) mass is 190 g/mol. The number of hydrogen-bond donors (Lipinski definition) is 0. The Balaban J connectivity index is 0.000000561. The van der Waals surface area contributed by atoms with Crippen molar-refractivity contribution >= 4 is 13.9 Å². The van der Waals surface area contributed by atoms with Crippen LogP contribution in [0.2, 0.25) is 0 Å². The molecule has 1 unspecified atom stereocenters. The highest BCUT2D eigenvalue weighted by Gasteiger charge is 1.99. The molecule has 0 saturated carbocycles. The summed E-state index contributed by atoms with van der Waals surface area (Å²) in [5.41, 5.74) is 0. The van der Waals surface area contributed by atoms with Gasteiger partial charge in [0.2, 0.25) is 0 Å². The molecule has 0 aliphatic carbocycles. The smallest absolute Gasteiger partial charge is 0.130 e. The predicted molar refractivity (Wildman–Crippen MR) is 51.6 cm³/mol. The van der Waals surface area contributed by atoms with Crippen LogP contribution in [-0.2, 0) is 0 Å². The highest BCUT2D eigenvalue weighted by Crippen LogP contribution is 2.08. The fourth-order valence-electron chi connectivity index (χ4n) is 0.689. The van der Waals surface area contributed by atoms with Crippen LogP contribution in [0.15, 0.2) is 18.2 Å². The summed E-state index contributed by atoms with van der Waals surface area (Å²) in [6, 6.07) is 3.51. The molecular formula is C9H13F2P. The SMILES string of the molecule is CC.CPc1cc(F)ccc1F. The van der Waals surface area contributed by atoms with Crippen LogP contribution in [0.5, 0.6) is 0 Å². The van der Waals surface area contributed by atoms with Crippen LogP contribution in [0, 0.1) is 11.6 Å². The van der Waals surface area contributed by atoms with Crippen molar-refractivity contribution in [2.75, 3.05) is 6.66 Å². The second kappa shape index (κ2) is 6.07. The van der Waals surface area contributed by atoms with Crippen molar-refractivity contribution < 1.29 is 8.78 Å². The average Bonchev–Trinajstić information content (AvgIpc) is 2.13. The quantitative estimate of drug-likeness (QED) is 0.597. The third-order valence-electron chi connectivity index (χ3n) is 1.20. The Kier molecular flexibility index (Phi) is 5.83. The van der Waals surface area contributed by atoms with Crippen LogP contribution in [0.25, 0.3) is 0 Å². The molecule has 1 aromatic carbocycles. The molecule has 0 fully saturated rings. The minimum Gasteiger partial charge on any atom is -0.207 e. The summed E-state index contributed by atoms with van der Waals surface area (Å²) < 4.78 is 25.0. The molecule has 0 aliphatic heterocycles. The lowest BCUT2D eigenvalue weighted by molar-refractivity contribution is 0.607. The van der Waals surface area contributed by atoms with Gasteiger partial charge in [0.25, 0.3) is 0 Å². The van der Waals surface area contributed by atoms with Gasteiger partial charge < -0.3 is 0 Å².